The van der Waals surface area contributed by atoms with Gasteiger partial charge in [0, 0.05) is 73.8 Å². The minimum absolute atomic E-state index is 0.00127. The third kappa shape index (κ3) is 15.8. The summed E-state index contributed by atoms with van der Waals surface area (Å²) in [5.74, 6) is -13.4. The van der Waals surface area contributed by atoms with Crippen molar-refractivity contribution in [3.63, 3.8) is 0 Å². The molecule has 2 saturated carbocycles. The molecule has 33 heteroatoms. The molecule has 33 nitrogen and oxygen atoms in total. The van der Waals surface area contributed by atoms with E-state index in [2.05, 4.69) is 5.32 Å². The number of Topliss-reactive ketones (excluding diaryl/α,β-unsaturated/α-hetero) is 1. The van der Waals surface area contributed by atoms with Gasteiger partial charge >= 0.3 is 47.8 Å². The van der Waals surface area contributed by atoms with Crippen LogP contribution in [0.1, 0.15) is 176 Å². The van der Waals surface area contributed by atoms with Crippen molar-refractivity contribution < 1.29 is 144 Å². The largest absolute Gasteiger partial charge is 0.502 e. The fourth-order valence-electron chi connectivity index (χ4n) is 22.2. The van der Waals surface area contributed by atoms with Crippen molar-refractivity contribution in [3.05, 3.63) is 272 Å². The molecule has 138 heavy (non-hydrogen) atoms. The van der Waals surface area contributed by atoms with E-state index < -0.39 is 197 Å². The third-order valence-corrected chi connectivity index (χ3v) is 29.0. The van der Waals surface area contributed by atoms with Gasteiger partial charge in [-0.15, -0.1) is 0 Å². The molecule has 4 N–H and O–H groups in total. The van der Waals surface area contributed by atoms with Gasteiger partial charge in [0.1, 0.15) is 36.1 Å². The van der Waals surface area contributed by atoms with Crippen molar-refractivity contribution in [1.29, 1.82) is 0 Å². The fraction of sp³-hybridized carbons (Fsp3) is 0.352. The van der Waals surface area contributed by atoms with E-state index in [-0.39, 0.29) is 100 Å². The van der Waals surface area contributed by atoms with E-state index in [1.807, 2.05) is 12.1 Å². The maximum atomic E-state index is 17.3. The number of carbonyl (C=O) groups excluding carboxylic acids is 10. The first-order chi connectivity index (χ1) is 66.4. The van der Waals surface area contributed by atoms with Gasteiger partial charge < -0.3 is 101 Å². The maximum absolute atomic E-state index is 17.3. The van der Waals surface area contributed by atoms with Crippen LogP contribution in [0.3, 0.4) is 0 Å². The van der Waals surface area contributed by atoms with Gasteiger partial charge in [-0.3, -0.25) is 38.8 Å². The molecule has 712 valence electrons. The van der Waals surface area contributed by atoms with E-state index in [0.717, 1.165) is 13.8 Å². The van der Waals surface area contributed by atoms with Crippen molar-refractivity contribution in [2.24, 2.45) is 50.4 Å². The average molecular weight is 1880 g/mol. The number of hydrogen-bond acceptors (Lipinski definition) is 32. The highest BCUT2D eigenvalue weighted by atomic mass is 16.7. The molecule has 3 saturated heterocycles. The number of ether oxygens (including phenoxy) is 17. The van der Waals surface area contributed by atoms with Gasteiger partial charge in [-0.25, -0.2) is 19.2 Å². The van der Waals surface area contributed by atoms with E-state index in [4.69, 9.17) is 90.5 Å². The number of benzene rings is 9. The highest BCUT2D eigenvalue weighted by molar-refractivity contribution is 5.99. The molecule has 19 atom stereocenters. The fourth-order valence-corrected chi connectivity index (χ4v) is 22.2. The topological polar surface area (TPSA) is 425 Å². The van der Waals surface area contributed by atoms with Gasteiger partial charge in [0.2, 0.25) is 31.2 Å². The number of rotatable bonds is 24. The zero-order valence-electron chi connectivity index (χ0n) is 76.5. The van der Waals surface area contributed by atoms with E-state index in [1.54, 1.807) is 140 Å². The summed E-state index contributed by atoms with van der Waals surface area (Å²) in [5, 5.41) is 39.8. The van der Waals surface area contributed by atoms with Gasteiger partial charge in [-0.2, -0.15) is 0 Å². The minimum atomic E-state index is -2.72. The van der Waals surface area contributed by atoms with Crippen LogP contribution in [-0.4, -0.2) is 197 Å². The lowest BCUT2D eigenvalue weighted by Crippen LogP contribution is -2.82. The molecule has 1 amide bonds. The molecule has 1 unspecified atom stereocenters. The first kappa shape index (κ1) is 92.0. The van der Waals surface area contributed by atoms with Crippen LogP contribution >= 0.6 is 0 Å². The number of cyclic esters (lactones) is 2. The summed E-state index contributed by atoms with van der Waals surface area (Å²) in [5.41, 5.74) is -4.39. The first-order valence-corrected chi connectivity index (χ1v) is 45.0. The maximum Gasteiger partial charge on any atom is 0.350 e. The number of nitrogens with zero attached hydrogens (tertiary/aromatic N) is 2. The molecule has 19 rings (SSSR count). The average Bonchev–Trinajstić information content (AvgIpc) is 1.06. The number of aliphatic hydroxyl groups is 1. The SMILES string of the molecule is COc1cc([C@@H]2c3cc4c(cc3[C@@H](N=Cc3ccc(C(=O)O[C@H]5C[C@H]6OC[C@@]6(OC(C)=O)C6[C@H](OC(=O)c7ccccc7)[C@]7(O)C[C@H](OC(=O)[C@H](OC(=O)c8ccc(C=N[C@@H]9c%10cc%11c(cc%10[C@@H](c%10cc(OC)c(O)c(OC)c%10)[C@H]%10C(=O)OC[C@@H]%109)OCO%11)cc8)[C@@H](NC(=O)c8ccccc8)c8ccccc8)C(C)=C([C@@H](OC(C)=O)C(=O)[C@@]65C)C7(C)C)cc3)[C@H]3COC(=O)[C@H]23)OCO4)cc(OC)c1O. The van der Waals surface area contributed by atoms with Crippen molar-refractivity contribution in [1.82, 2.24) is 5.32 Å². The molecule has 5 aliphatic heterocycles. The molecule has 2 bridgehead atoms. The molecular formula is C105H97N3O30. The van der Waals surface area contributed by atoms with Crippen LogP contribution in [0.25, 0.3) is 0 Å². The lowest BCUT2D eigenvalue weighted by atomic mass is 9.44. The number of methoxy groups -OCH3 is 4. The predicted molar refractivity (Wildman–Crippen MR) is 485 cm³/mol. The van der Waals surface area contributed by atoms with Crippen LogP contribution in [0.5, 0.6) is 57.5 Å². The summed E-state index contributed by atoms with van der Waals surface area (Å²) >= 11 is 0. The Morgan fingerprint density at radius 1 is 0.522 bits per heavy atom. The lowest BCUT2D eigenvalue weighted by Gasteiger charge is -2.67. The van der Waals surface area contributed by atoms with E-state index in [0.29, 0.717) is 67.5 Å². The molecule has 0 radical (unpaired) electrons. The molecule has 10 aliphatic rings. The number of aliphatic imine (C=N–C) groups is 2. The number of fused-ring (bicyclic) bond motifs is 11. The summed E-state index contributed by atoms with van der Waals surface area (Å²) in [6.07, 6.45) is -9.23. The van der Waals surface area contributed by atoms with Crippen molar-refractivity contribution in [2.75, 3.05) is 61.8 Å². The van der Waals surface area contributed by atoms with Crippen LogP contribution in [-0.2, 0) is 71.4 Å². The number of esters is 8. The number of phenols is 2. The number of hydrogen-bond donors (Lipinski definition) is 4. The highest BCUT2D eigenvalue weighted by Gasteiger charge is 2.79. The quantitative estimate of drug-likeness (QED) is 0.0189. The van der Waals surface area contributed by atoms with Crippen molar-refractivity contribution >= 4 is 71.9 Å². The van der Waals surface area contributed by atoms with Gasteiger partial charge in [0.15, 0.2) is 63.5 Å². The van der Waals surface area contributed by atoms with Gasteiger partial charge in [-0.05, 0) is 172 Å². The van der Waals surface area contributed by atoms with Crippen molar-refractivity contribution in [2.45, 2.75) is 132 Å². The van der Waals surface area contributed by atoms with Gasteiger partial charge in [0.25, 0.3) is 5.91 Å². The zero-order valence-corrected chi connectivity index (χ0v) is 76.5. The van der Waals surface area contributed by atoms with E-state index in [1.165, 1.54) is 105 Å². The monoisotopic (exact) mass is 1880 g/mol. The standard InChI is InChI=1S/C105H97N3O30/c1-51-77(134-101(120)91(85(56-20-14-11-15-21-56)108-95(114)57-22-16-12-17-23-57)136-97(116)60-32-28-55(29-33-60)45-107-87-66-41-72-70(130-50-132-72)39-64(66)81(83-68(87)47-127-100(83)119)62-36-75(124-9)89(112)76(37-62)125-10)43-105(121)94(137-98(117)58-24-18-13-19-25-58)92-103(6,93(113)90(133-52(2)109)84(51)102(105,4)5)78(42-79-104(92,48-128-79)138-53(3)110)135-96(115)59-30-26-54(27-31-59)44-106-86-65-40-71-69(129-49-131-71)38-63(65)80(82-67(86)46-126-99(82)118)61-34-73(122-7)88(111)74(35-61)123-8/h11-41,44-45,67-68,77-83,85-87,90-92,94,111-112,121H,42-43,46-50H2,1-10H3,(H,108,114)/t67-,68-,77-,78-,79+,80+,81+,82-,83-,85-,86+,87+,90+,91+,92?,94-,103+,104-,105+/m0/s1. The minimum Gasteiger partial charge on any atom is -0.502 e. The summed E-state index contributed by atoms with van der Waals surface area (Å²) in [6.45, 7) is 7.40. The summed E-state index contributed by atoms with van der Waals surface area (Å²) in [6, 6.07) is 46.6. The Bertz CT molecular complexity index is 6470. The molecule has 0 spiro atoms. The number of ketones is 1. The summed E-state index contributed by atoms with van der Waals surface area (Å²) in [7, 11) is 5.60. The number of aromatic hydroxyl groups is 2. The predicted octanol–water partition coefficient (Wildman–Crippen LogP) is 12.6. The van der Waals surface area contributed by atoms with Crippen LogP contribution in [0.2, 0.25) is 0 Å². The smallest absolute Gasteiger partial charge is 0.350 e. The Labute approximate surface area is 790 Å². The molecular weight excluding hydrogens is 1780 g/mol. The van der Waals surface area contributed by atoms with Gasteiger partial charge in [-0.1, -0.05) is 105 Å². The second kappa shape index (κ2) is 36.2. The molecule has 0 aromatic heterocycles. The van der Waals surface area contributed by atoms with Crippen LogP contribution in [0, 0.1) is 40.4 Å². The second-order valence-electron chi connectivity index (χ2n) is 36.6. The van der Waals surface area contributed by atoms with Crippen LogP contribution < -0.4 is 43.2 Å². The zero-order chi connectivity index (χ0) is 96.9. The normalized spacial score (nSPS) is 27.2. The van der Waals surface area contributed by atoms with Crippen molar-refractivity contribution in [3.8, 4) is 57.5 Å². The Hall–Kier alpha value is -15.1. The Kier molecular flexibility index (Phi) is 24.1. The molecule has 5 heterocycles. The first-order valence-electron chi connectivity index (χ1n) is 45.0. The highest BCUT2D eigenvalue weighted by Crippen LogP contribution is 2.67. The molecule has 9 aromatic rings. The molecule has 9 aromatic carbocycles. The van der Waals surface area contributed by atoms with Crippen LogP contribution in [0.4, 0.5) is 0 Å². The molecule has 5 fully saturated rings. The Balaban J connectivity index is 0.663. The third-order valence-electron chi connectivity index (χ3n) is 29.0. The Morgan fingerprint density at radius 3 is 1.43 bits per heavy atom. The summed E-state index contributed by atoms with van der Waals surface area (Å²) < 4.78 is 103. The number of carbonyl (C=O) groups is 10. The summed E-state index contributed by atoms with van der Waals surface area (Å²) in [4.78, 5) is 161. The second-order valence-corrected chi connectivity index (χ2v) is 36.6. The number of phenolic OH excluding ortho intramolecular Hbond substituents is 2. The van der Waals surface area contributed by atoms with E-state index in [9.17, 15) is 39.3 Å². The number of amides is 1. The van der Waals surface area contributed by atoms with E-state index >= 15 is 24.0 Å². The van der Waals surface area contributed by atoms with Crippen LogP contribution in [0.15, 0.2) is 209 Å². The lowest BCUT2D eigenvalue weighted by molar-refractivity contribution is -0.345. The number of nitrogens with one attached hydrogen (secondary N) is 1. The molecule has 5 aliphatic carbocycles. The Morgan fingerprint density at radius 2 is 0.971 bits per heavy atom. The van der Waals surface area contributed by atoms with Gasteiger partial charge in [0.05, 0.1) is 100 Å².